The van der Waals surface area contributed by atoms with Gasteiger partial charge in [0.2, 0.25) is 0 Å². The zero-order valence-corrected chi connectivity index (χ0v) is 24.8. The van der Waals surface area contributed by atoms with Crippen molar-refractivity contribution in [1.29, 1.82) is 0 Å². The highest BCUT2D eigenvalue weighted by molar-refractivity contribution is 9.09. The first-order chi connectivity index (χ1) is 19.1. The first-order valence-electron chi connectivity index (χ1n) is 12.6. The molecular weight excluding hydrogens is 598 g/mol. The molecule has 0 saturated heterocycles. The molecular formula is C29H28BrN3O6S. The highest BCUT2D eigenvalue weighted by Crippen LogP contribution is 2.41. The molecule has 3 aromatic heterocycles. The summed E-state index contributed by atoms with van der Waals surface area (Å²) in [7, 11) is 1.60. The number of alkyl halides is 1. The summed E-state index contributed by atoms with van der Waals surface area (Å²) < 4.78 is 19.9. The van der Waals surface area contributed by atoms with Gasteiger partial charge >= 0.3 is 12.2 Å². The fourth-order valence-corrected chi connectivity index (χ4v) is 5.69. The third-order valence-electron chi connectivity index (χ3n) is 6.03. The predicted molar refractivity (Wildman–Crippen MR) is 159 cm³/mol. The standard InChI is InChI=1S/C29H28BrN3O6S/c1-29(2,3)39-28(36)33-23-16-24(18-7-5-8-19(13-18)37-4)40-26(23)25(31-33)22-14-17-9-10-20(38-12-6-11-30)15-21(17)32(22)27(34)35/h5,7-10,13-16H,6,11-12H2,1-4H3,(H,34,35). The van der Waals surface area contributed by atoms with Crippen LogP contribution >= 0.6 is 27.3 Å². The van der Waals surface area contributed by atoms with Crippen molar-refractivity contribution in [2.45, 2.75) is 32.8 Å². The number of carboxylic acid groups (broad SMARTS) is 1. The maximum absolute atomic E-state index is 13.2. The van der Waals surface area contributed by atoms with Crippen molar-refractivity contribution in [3.63, 3.8) is 0 Å². The summed E-state index contributed by atoms with van der Waals surface area (Å²) in [5.74, 6) is 1.27. The Morgan fingerprint density at radius 2 is 1.85 bits per heavy atom. The Hall–Kier alpha value is -3.83. The summed E-state index contributed by atoms with van der Waals surface area (Å²) in [4.78, 5) is 26.7. The molecule has 1 N–H and O–H groups in total. The third-order valence-corrected chi connectivity index (χ3v) is 7.77. The van der Waals surface area contributed by atoms with Gasteiger partial charge in [-0.3, -0.25) is 0 Å². The lowest BCUT2D eigenvalue weighted by atomic mass is 10.2. The van der Waals surface area contributed by atoms with Gasteiger partial charge in [0, 0.05) is 21.7 Å². The van der Waals surface area contributed by atoms with Crippen molar-refractivity contribution in [3.8, 4) is 33.3 Å². The second-order valence-corrected chi connectivity index (χ2v) is 11.9. The normalized spacial score (nSPS) is 11.7. The number of halogens is 1. The molecule has 0 atom stereocenters. The number of benzene rings is 2. The Morgan fingerprint density at radius 3 is 2.55 bits per heavy atom. The first kappa shape index (κ1) is 27.7. The van der Waals surface area contributed by atoms with E-state index < -0.39 is 17.8 Å². The Kier molecular flexibility index (Phi) is 7.61. The van der Waals surface area contributed by atoms with Crippen LogP contribution in [0.1, 0.15) is 27.2 Å². The first-order valence-corrected chi connectivity index (χ1v) is 14.5. The lowest BCUT2D eigenvalue weighted by molar-refractivity contribution is 0.0523. The van der Waals surface area contributed by atoms with Crippen LogP contribution in [0.2, 0.25) is 0 Å². The Balaban J connectivity index is 1.71. The van der Waals surface area contributed by atoms with Gasteiger partial charge < -0.3 is 19.3 Å². The average molecular weight is 627 g/mol. The van der Waals surface area contributed by atoms with Gasteiger partial charge in [0.25, 0.3) is 0 Å². The monoisotopic (exact) mass is 625 g/mol. The number of aromatic nitrogens is 3. The number of hydrogen-bond donors (Lipinski definition) is 1. The minimum absolute atomic E-state index is 0.339. The predicted octanol–water partition coefficient (Wildman–Crippen LogP) is 7.87. The number of carbonyl (C=O) groups is 2. The summed E-state index contributed by atoms with van der Waals surface area (Å²) in [5, 5.41) is 16.4. The number of methoxy groups -OCH3 is 1. The average Bonchev–Trinajstić information content (AvgIpc) is 3.59. The van der Waals surface area contributed by atoms with Crippen LogP contribution < -0.4 is 9.47 Å². The van der Waals surface area contributed by atoms with Crippen molar-refractivity contribution >= 4 is 60.6 Å². The Labute approximate surface area is 243 Å². The third kappa shape index (κ3) is 5.44. The van der Waals surface area contributed by atoms with Crippen LogP contribution in [-0.2, 0) is 4.74 Å². The molecule has 0 aliphatic carbocycles. The topological polar surface area (TPSA) is 105 Å². The summed E-state index contributed by atoms with van der Waals surface area (Å²) in [5.41, 5.74) is 1.83. The van der Waals surface area contributed by atoms with E-state index in [9.17, 15) is 14.7 Å². The number of nitrogens with zero attached hydrogens (tertiary/aromatic N) is 3. The number of carbonyl (C=O) groups excluding carboxylic acids is 1. The van der Waals surface area contributed by atoms with Gasteiger partial charge in [-0.25, -0.2) is 14.2 Å². The van der Waals surface area contributed by atoms with Gasteiger partial charge in [0.15, 0.2) is 0 Å². The lowest BCUT2D eigenvalue weighted by Gasteiger charge is -2.19. The number of thiophene rings is 1. The van der Waals surface area contributed by atoms with Gasteiger partial charge in [0.05, 0.1) is 35.1 Å². The largest absolute Gasteiger partial charge is 0.497 e. The molecule has 11 heteroatoms. The van der Waals surface area contributed by atoms with Crippen molar-refractivity contribution in [2.24, 2.45) is 0 Å². The van der Waals surface area contributed by atoms with Crippen LogP contribution in [0.4, 0.5) is 9.59 Å². The van der Waals surface area contributed by atoms with Crippen molar-refractivity contribution < 1.29 is 28.9 Å². The van der Waals surface area contributed by atoms with E-state index in [4.69, 9.17) is 14.2 Å². The molecule has 0 radical (unpaired) electrons. The number of ether oxygens (including phenoxy) is 3. The lowest BCUT2D eigenvalue weighted by Crippen LogP contribution is -2.27. The zero-order chi connectivity index (χ0) is 28.6. The highest BCUT2D eigenvalue weighted by Gasteiger charge is 2.28. The SMILES string of the molecule is COc1cccc(-c2cc3c(s2)c(-c2cc4ccc(OCCCBr)cc4n2C(=O)O)nn3C(=O)OC(C)(C)C)c1. The van der Waals surface area contributed by atoms with Crippen LogP contribution in [0.25, 0.3) is 42.9 Å². The molecule has 0 amide bonds. The van der Waals surface area contributed by atoms with Gasteiger partial charge in [-0.2, -0.15) is 9.78 Å². The fourth-order valence-electron chi connectivity index (χ4n) is 4.33. The molecule has 3 heterocycles. The van der Waals surface area contributed by atoms with E-state index in [2.05, 4.69) is 21.0 Å². The molecule has 0 fully saturated rings. The maximum Gasteiger partial charge on any atom is 0.435 e. The Bertz CT molecular complexity index is 1730. The number of rotatable bonds is 7. The molecule has 5 rings (SSSR count). The summed E-state index contributed by atoms with van der Waals surface area (Å²) in [6.45, 7) is 5.84. The number of fused-ring (bicyclic) bond motifs is 2. The molecule has 0 bridgehead atoms. The minimum Gasteiger partial charge on any atom is -0.497 e. The van der Waals surface area contributed by atoms with Gasteiger partial charge in [-0.1, -0.05) is 28.1 Å². The van der Waals surface area contributed by atoms with Gasteiger partial charge in [-0.15, -0.1) is 11.3 Å². The molecule has 2 aromatic carbocycles. The second-order valence-electron chi connectivity index (χ2n) is 10.1. The summed E-state index contributed by atoms with van der Waals surface area (Å²) >= 11 is 4.80. The van der Waals surface area contributed by atoms with E-state index in [1.807, 2.05) is 42.5 Å². The van der Waals surface area contributed by atoms with Gasteiger partial charge in [0.1, 0.15) is 22.8 Å². The maximum atomic E-state index is 13.2. The fraction of sp³-hybridized carbons (Fsp3) is 0.276. The van der Waals surface area contributed by atoms with Crippen LogP contribution in [0.5, 0.6) is 11.5 Å². The van der Waals surface area contributed by atoms with Gasteiger partial charge in [-0.05, 0) is 69.2 Å². The van der Waals surface area contributed by atoms with E-state index in [1.54, 1.807) is 40.0 Å². The van der Waals surface area contributed by atoms with E-state index >= 15 is 0 Å². The van der Waals surface area contributed by atoms with Crippen molar-refractivity contribution in [3.05, 3.63) is 54.6 Å². The van der Waals surface area contributed by atoms with Crippen molar-refractivity contribution in [2.75, 3.05) is 19.0 Å². The Morgan fingerprint density at radius 1 is 1.05 bits per heavy atom. The number of hydrogen-bond acceptors (Lipinski definition) is 7. The minimum atomic E-state index is -1.17. The quantitative estimate of drug-likeness (QED) is 0.145. The van der Waals surface area contributed by atoms with E-state index in [1.165, 1.54) is 20.6 Å². The molecule has 9 nitrogen and oxygen atoms in total. The molecule has 5 aromatic rings. The summed E-state index contributed by atoms with van der Waals surface area (Å²) in [6.07, 6.45) is -1.01. The van der Waals surface area contributed by atoms with Crippen molar-refractivity contribution in [1.82, 2.24) is 14.3 Å². The smallest absolute Gasteiger partial charge is 0.435 e. The molecule has 0 saturated carbocycles. The zero-order valence-electron chi connectivity index (χ0n) is 22.4. The van der Waals surface area contributed by atoms with E-state index in [-0.39, 0.29) is 0 Å². The van der Waals surface area contributed by atoms with Crippen LogP contribution in [-0.4, -0.2) is 56.3 Å². The second kappa shape index (κ2) is 11.0. The van der Waals surface area contributed by atoms with E-state index in [0.717, 1.165) is 22.2 Å². The van der Waals surface area contributed by atoms with Crippen LogP contribution in [0, 0.1) is 0 Å². The molecule has 0 spiro atoms. The molecule has 40 heavy (non-hydrogen) atoms. The molecule has 0 aliphatic heterocycles. The highest BCUT2D eigenvalue weighted by atomic mass is 79.9. The molecule has 0 aliphatic rings. The van der Waals surface area contributed by atoms with Crippen LogP contribution in [0.3, 0.4) is 0 Å². The molecule has 0 unspecified atom stereocenters. The molecule has 208 valence electrons. The van der Waals surface area contributed by atoms with E-state index in [0.29, 0.717) is 50.6 Å². The summed E-state index contributed by atoms with van der Waals surface area (Å²) in [6, 6.07) is 16.6. The van der Waals surface area contributed by atoms with Crippen LogP contribution in [0.15, 0.2) is 54.6 Å².